The lowest BCUT2D eigenvalue weighted by atomic mass is 10.1. The molecule has 19 heavy (non-hydrogen) atoms. The lowest BCUT2D eigenvalue weighted by Gasteiger charge is -2.07. The van der Waals surface area contributed by atoms with Gasteiger partial charge in [-0.25, -0.2) is 13.1 Å². The number of rotatable bonds is 4. The van der Waals surface area contributed by atoms with Crippen molar-refractivity contribution in [2.45, 2.75) is 18.4 Å². The third-order valence-electron chi connectivity index (χ3n) is 2.55. The average molecular weight is 293 g/mol. The third kappa shape index (κ3) is 3.17. The first-order chi connectivity index (χ1) is 9.03. The number of thiazole rings is 1. The molecule has 0 fully saturated rings. The molecular formula is C12H11N3O2S2. The normalized spacial score (nSPS) is 11.2. The van der Waals surface area contributed by atoms with Gasteiger partial charge >= 0.3 is 0 Å². The number of hydrogen-bond donors (Lipinski definition) is 1. The summed E-state index contributed by atoms with van der Waals surface area (Å²) in [4.78, 5) is 4.88. The van der Waals surface area contributed by atoms with Crippen LogP contribution in [0.25, 0.3) is 0 Å². The molecule has 1 N–H and O–H groups in total. The van der Waals surface area contributed by atoms with Crippen molar-refractivity contribution in [3.05, 3.63) is 45.9 Å². The summed E-state index contributed by atoms with van der Waals surface area (Å²) in [6.07, 6.45) is 1.62. The van der Waals surface area contributed by atoms with Crippen LogP contribution < -0.4 is 4.72 Å². The molecule has 0 unspecified atom stereocenters. The van der Waals surface area contributed by atoms with E-state index < -0.39 is 10.0 Å². The van der Waals surface area contributed by atoms with Crippen molar-refractivity contribution >= 4 is 21.4 Å². The molecule has 5 nitrogen and oxygen atoms in total. The fourth-order valence-electron chi connectivity index (χ4n) is 1.51. The van der Waals surface area contributed by atoms with Crippen LogP contribution in [0.5, 0.6) is 0 Å². The van der Waals surface area contributed by atoms with Crippen LogP contribution in [0.15, 0.2) is 34.8 Å². The van der Waals surface area contributed by atoms with Gasteiger partial charge in [0.25, 0.3) is 0 Å². The van der Waals surface area contributed by atoms with E-state index in [0.29, 0.717) is 11.1 Å². The topological polar surface area (TPSA) is 82.8 Å². The smallest absolute Gasteiger partial charge is 0.240 e. The molecule has 0 saturated heterocycles. The van der Waals surface area contributed by atoms with Gasteiger partial charge in [0, 0.05) is 17.6 Å². The Morgan fingerprint density at radius 3 is 2.84 bits per heavy atom. The Labute approximate surface area is 115 Å². The molecule has 0 radical (unpaired) electrons. The van der Waals surface area contributed by atoms with E-state index in [1.807, 2.05) is 6.07 Å². The Bertz CT molecular complexity index is 716. The highest BCUT2D eigenvalue weighted by molar-refractivity contribution is 7.89. The van der Waals surface area contributed by atoms with Gasteiger partial charge in [-0.3, -0.25) is 4.98 Å². The van der Waals surface area contributed by atoms with Crippen LogP contribution in [-0.4, -0.2) is 13.4 Å². The van der Waals surface area contributed by atoms with Crippen LogP contribution in [0.2, 0.25) is 0 Å². The highest BCUT2D eigenvalue weighted by atomic mass is 32.2. The van der Waals surface area contributed by atoms with Gasteiger partial charge in [0.05, 0.1) is 22.0 Å². The van der Waals surface area contributed by atoms with Gasteiger partial charge in [-0.2, -0.15) is 5.26 Å². The van der Waals surface area contributed by atoms with Gasteiger partial charge in [0.1, 0.15) is 0 Å². The SMILES string of the molecule is Cc1cc(S(=O)(=O)NCc2cncs2)ccc1C#N. The average Bonchev–Trinajstić information content (AvgIpc) is 2.89. The summed E-state index contributed by atoms with van der Waals surface area (Å²) in [5, 5.41) is 8.82. The van der Waals surface area contributed by atoms with E-state index in [-0.39, 0.29) is 11.4 Å². The van der Waals surface area contributed by atoms with Gasteiger partial charge in [-0.05, 0) is 30.7 Å². The number of aromatic nitrogens is 1. The van der Waals surface area contributed by atoms with Gasteiger partial charge in [0.15, 0.2) is 0 Å². The van der Waals surface area contributed by atoms with E-state index in [0.717, 1.165) is 4.88 Å². The standard InChI is InChI=1S/C12H11N3O2S2/c1-9-4-12(3-2-10(9)5-13)19(16,17)15-7-11-6-14-8-18-11/h2-4,6,8,15H,7H2,1H3. The van der Waals surface area contributed by atoms with Crippen molar-refractivity contribution in [1.82, 2.24) is 9.71 Å². The molecule has 0 saturated carbocycles. The Hall–Kier alpha value is -1.75. The minimum absolute atomic E-state index is 0.161. The molecule has 0 atom stereocenters. The quantitative estimate of drug-likeness (QED) is 0.931. The first-order valence-corrected chi connectivity index (χ1v) is 7.77. The molecule has 1 aromatic heterocycles. The Morgan fingerprint density at radius 2 is 2.26 bits per heavy atom. The first kappa shape index (κ1) is 13.7. The number of nitriles is 1. The number of aryl methyl sites for hydroxylation is 1. The van der Waals surface area contributed by atoms with Crippen LogP contribution >= 0.6 is 11.3 Å². The van der Waals surface area contributed by atoms with E-state index in [1.165, 1.54) is 29.5 Å². The molecule has 1 heterocycles. The van der Waals surface area contributed by atoms with Gasteiger partial charge in [-0.15, -0.1) is 11.3 Å². The molecule has 0 amide bonds. The molecular weight excluding hydrogens is 282 g/mol. The highest BCUT2D eigenvalue weighted by Gasteiger charge is 2.15. The van der Waals surface area contributed by atoms with Crippen molar-refractivity contribution in [1.29, 1.82) is 5.26 Å². The summed E-state index contributed by atoms with van der Waals surface area (Å²) >= 11 is 1.39. The minimum Gasteiger partial charge on any atom is -0.253 e. The van der Waals surface area contributed by atoms with Gasteiger partial charge < -0.3 is 0 Å². The van der Waals surface area contributed by atoms with E-state index in [1.54, 1.807) is 18.6 Å². The summed E-state index contributed by atoms with van der Waals surface area (Å²) in [5.41, 5.74) is 2.76. The Morgan fingerprint density at radius 1 is 1.47 bits per heavy atom. The molecule has 98 valence electrons. The lowest BCUT2D eigenvalue weighted by Crippen LogP contribution is -2.22. The number of sulfonamides is 1. The zero-order chi connectivity index (χ0) is 13.9. The van der Waals surface area contributed by atoms with Crippen molar-refractivity contribution in [3.8, 4) is 6.07 Å². The first-order valence-electron chi connectivity index (χ1n) is 5.41. The predicted molar refractivity (Wildman–Crippen MR) is 72.0 cm³/mol. The second-order valence-corrected chi connectivity index (χ2v) is 6.62. The van der Waals surface area contributed by atoms with E-state index in [9.17, 15) is 8.42 Å². The maximum absolute atomic E-state index is 12.1. The summed E-state index contributed by atoms with van der Waals surface area (Å²) in [5.74, 6) is 0. The van der Waals surface area contributed by atoms with E-state index in [4.69, 9.17) is 5.26 Å². The zero-order valence-corrected chi connectivity index (χ0v) is 11.8. The largest absolute Gasteiger partial charge is 0.253 e. The van der Waals surface area contributed by atoms with E-state index in [2.05, 4.69) is 9.71 Å². The van der Waals surface area contributed by atoms with Crippen molar-refractivity contribution in [3.63, 3.8) is 0 Å². The summed E-state index contributed by atoms with van der Waals surface area (Å²) in [7, 11) is -3.56. The highest BCUT2D eigenvalue weighted by Crippen LogP contribution is 2.15. The molecule has 2 rings (SSSR count). The summed E-state index contributed by atoms with van der Waals surface area (Å²) < 4.78 is 26.6. The number of nitrogens with zero attached hydrogens (tertiary/aromatic N) is 2. The second-order valence-electron chi connectivity index (χ2n) is 3.88. The molecule has 0 aliphatic carbocycles. The Kier molecular flexibility index (Phi) is 3.95. The van der Waals surface area contributed by atoms with Crippen molar-refractivity contribution in [2.75, 3.05) is 0 Å². The molecule has 0 spiro atoms. The second kappa shape index (κ2) is 5.48. The monoisotopic (exact) mass is 293 g/mol. The number of benzene rings is 1. The molecule has 0 aliphatic rings. The number of nitrogens with one attached hydrogen (secondary N) is 1. The molecule has 1 aromatic carbocycles. The minimum atomic E-state index is -3.56. The van der Waals surface area contributed by atoms with Crippen LogP contribution in [0, 0.1) is 18.3 Å². The number of hydrogen-bond acceptors (Lipinski definition) is 5. The van der Waals surface area contributed by atoms with Crippen LogP contribution in [0.1, 0.15) is 16.0 Å². The van der Waals surface area contributed by atoms with Crippen LogP contribution in [0.3, 0.4) is 0 Å². The van der Waals surface area contributed by atoms with Crippen LogP contribution in [0.4, 0.5) is 0 Å². The zero-order valence-electron chi connectivity index (χ0n) is 10.1. The van der Waals surface area contributed by atoms with E-state index >= 15 is 0 Å². The molecule has 7 heteroatoms. The fraction of sp³-hybridized carbons (Fsp3) is 0.167. The maximum atomic E-state index is 12.1. The van der Waals surface area contributed by atoms with Gasteiger partial charge in [0.2, 0.25) is 10.0 Å². The lowest BCUT2D eigenvalue weighted by molar-refractivity contribution is 0.581. The van der Waals surface area contributed by atoms with Crippen molar-refractivity contribution in [2.24, 2.45) is 0 Å². The van der Waals surface area contributed by atoms with Crippen LogP contribution in [-0.2, 0) is 16.6 Å². The van der Waals surface area contributed by atoms with Crippen molar-refractivity contribution < 1.29 is 8.42 Å². The maximum Gasteiger partial charge on any atom is 0.240 e. The third-order valence-corrected chi connectivity index (χ3v) is 4.73. The van der Waals surface area contributed by atoms with Gasteiger partial charge in [-0.1, -0.05) is 0 Å². The summed E-state index contributed by atoms with van der Waals surface area (Å²) in [6, 6.07) is 6.44. The molecule has 0 bridgehead atoms. The Balaban J connectivity index is 2.20. The molecule has 2 aromatic rings. The predicted octanol–water partition coefficient (Wildman–Crippen LogP) is 1.80. The summed E-state index contributed by atoms with van der Waals surface area (Å²) in [6.45, 7) is 1.92. The molecule has 0 aliphatic heterocycles. The fourth-order valence-corrected chi connectivity index (χ4v) is 3.22.